The van der Waals surface area contributed by atoms with Crippen molar-refractivity contribution in [2.24, 2.45) is 0 Å². The van der Waals surface area contributed by atoms with Gasteiger partial charge in [-0.05, 0) is 31.4 Å². The maximum Gasteiger partial charge on any atom is 0.0577 e. The molecule has 3 nitrogen and oxygen atoms in total. The first-order chi connectivity index (χ1) is 7.93. The van der Waals surface area contributed by atoms with Crippen LogP contribution in [0.4, 0.5) is 0 Å². The molecular weight excluding hydrogens is 198 g/mol. The Balaban J connectivity index is 1.96. The van der Waals surface area contributed by atoms with Crippen LogP contribution in [0.5, 0.6) is 0 Å². The Kier molecular flexibility index (Phi) is 2.54. The Hall–Kier alpha value is -1.48. The molecule has 0 amide bonds. The van der Waals surface area contributed by atoms with Gasteiger partial charge in [-0.2, -0.15) is 10.2 Å². The fourth-order valence-corrected chi connectivity index (χ4v) is 2.46. The van der Waals surface area contributed by atoms with Crippen molar-refractivity contribution in [3.8, 4) is 0 Å². The van der Waals surface area contributed by atoms with Crippen LogP contribution in [0, 0.1) is 0 Å². The minimum atomic E-state index is 0.638. The highest BCUT2D eigenvalue weighted by atomic mass is 15.1. The summed E-state index contributed by atoms with van der Waals surface area (Å²) in [5, 5.41) is 13.9. The Morgan fingerprint density at radius 2 is 2.19 bits per heavy atom. The Bertz CT molecular complexity index is 484. The highest BCUT2D eigenvalue weighted by Gasteiger charge is 2.15. The third-order valence-electron chi connectivity index (χ3n) is 3.31. The standard InChI is InChI=1S/C13H15N3/c1-3-10(7-12-5-2-6-14-12)13-9-16-15-8-11(13)4-1/h1,3-4,8-9,12,14H,2,5-7H2. The van der Waals surface area contributed by atoms with E-state index in [1.165, 1.54) is 29.2 Å². The van der Waals surface area contributed by atoms with Crippen molar-refractivity contribution < 1.29 is 0 Å². The van der Waals surface area contributed by atoms with E-state index in [-0.39, 0.29) is 0 Å². The third-order valence-corrected chi connectivity index (χ3v) is 3.31. The topological polar surface area (TPSA) is 37.8 Å². The van der Waals surface area contributed by atoms with Crippen molar-refractivity contribution in [3.05, 3.63) is 36.2 Å². The van der Waals surface area contributed by atoms with Crippen LogP contribution >= 0.6 is 0 Å². The molecule has 0 saturated carbocycles. The largest absolute Gasteiger partial charge is 0.314 e. The molecule has 1 aromatic heterocycles. The van der Waals surface area contributed by atoms with E-state index in [4.69, 9.17) is 0 Å². The van der Waals surface area contributed by atoms with Crippen LogP contribution < -0.4 is 5.32 Å². The molecule has 0 radical (unpaired) electrons. The van der Waals surface area contributed by atoms with Crippen LogP contribution in [-0.2, 0) is 6.42 Å². The first kappa shape index (κ1) is 9.73. The van der Waals surface area contributed by atoms with Crippen LogP contribution in [0.3, 0.4) is 0 Å². The third kappa shape index (κ3) is 1.78. The van der Waals surface area contributed by atoms with Gasteiger partial charge in [0.1, 0.15) is 0 Å². The van der Waals surface area contributed by atoms with Crippen LogP contribution in [0.25, 0.3) is 10.8 Å². The van der Waals surface area contributed by atoms with Crippen molar-refractivity contribution in [1.29, 1.82) is 0 Å². The summed E-state index contributed by atoms with van der Waals surface area (Å²) in [6, 6.07) is 7.03. The van der Waals surface area contributed by atoms with E-state index in [9.17, 15) is 0 Å². The SMILES string of the molecule is c1cc(CC2CCCN2)c2cnncc2c1. The van der Waals surface area contributed by atoms with Gasteiger partial charge < -0.3 is 5.32 Å². The molecule has 1 saturated heterocycles. The van der Waals surface area contributed by atoms with Gasteiger partial charge >= 0.3 is 0 Å². The fraction of sp³-hybridized carbons (Fsp3) is 0.385. The predicted molar refractivity (Wildman–Crippen MR) is 64.3 cm³/mol. The summed E-state index contributed by atoms with van der Waals surface area (Å²) in [6.45, 7) is 1.16. The average Bonchev–Trinajstić information content (AvgIpc) is 2.82. The second kappa shape index (κ2) is 4.18. The zero-order valence-electron chi connectivity index (χ0n) is 9.19. The van der Waals surface area contributed by atoms with Crippen molar-refractivity contribution in [3.63, 3.8) is 0 Å². The summed E-state index contributed by atoms with van der Waals surface area (Å²) in [4.78, 5) is 0. The minimum Gasteiger partial charge on any atom is -0.314 e. The van der Waals surface area contributed by atoms with Crippen LogP contribution in [-0.4, -0.2) is 22.8 Å². The normalized spacial score (nSPS) is 20.4. The number of benzene rings is 1. The van der Waals surface area contributed by atoms with Crippen molar-refractivity contribution in [2.75, 3.05) is 6.54 Å². The lowest BCUT2D eigenvalue weighted by molar-refractivity contribution is 0.605. The van der Waals surface area contributed by atoms with Crippen molar-refractivity contribution in [1.82, 2.24) is 15.5 Å². The zero-order valence-corrected chi connectivity index (χ0v) is 9.19. The Morgan fingerprint density at radius 3 is 3.06 bits per heavy atom. The van der Waals surface area contributed by atoms with E-state index >= 15 is 0 Å². The molecule has 82 valence electrons. The van der Waals surface area contributed by atoms with E-state index < -0.39 is 0 Å². The number of hydrogen-bond acceptors (Lipinski definition) is 3. The summed E-state index contributed by atoms with van der Waals surface area (Å²) >= 11 is 0. The van der Waals surface area contributed by atoms with E-state index in [0.717, 1.165) is 13.0 Å². The molecule has 1 aliphatic rings. The minimum absolute atomic E-state index is 0.638. The van der Waals surface area contributed by atoms with Gasteiger partial charge in [-0.25, -0.2) is 0 Å². The molecule has 3 rings (SSSR count). The van der Waals surface area contributed by atoms with Crippen LogP contribution in [0.1, 0.15) is 18.4 Å². The van der Waals surface area contributed by atoms with Crippen LogP contribution in [0.15, 0.2) is 30.6 Å². The number of rotatable bonds is 2. The van der Waals surface area contributed by atoms with E-state index in [1.54, 1.807) is 0 Å². The second-order valence-electron chi connectivity index (χ2n) is 4.41. The maximum absolute atomic E-state index is 3.98. The summed E-state index contributed by atoms with van der Waals surface area (Å²) in [5.41, 5.74) is 1.38. The molecule has 0 aliphatic carbocycles. The lowest BCUT2D eigenvalue weighted by atomic mass is 10.00. The molecule has 1 N–H and O–H groups in total. The molecule has 2 heterocycles. The lowest BCUT2D eigenvalue weighted by Crippen LogP contribution is -2.23. The van der Waals surface area contributed by atoms with E-state index in [1.807, 2.05) is 12.4 Å². The number of nitrogens with zero attached hydrogens (tertiary/aromatic N) is 2. The molecule has 1 aliphatic heterocycles. The summed E-state index contributed by atoms with van der Waals surface area (Å²) in [6.07, 6.45) is 7.40. The maximum atomic E-state index is 3.98. The number of aromatic nitrogens is 2. The van der Waals surface area contributed by atoms with Gasteiger partial charge in [0.15, 0.2) is 0 Å². The van der Waals surface area contributed by atoms with Gasteiger partial charge in [0.25, 0.3) is 0 Å². The van der Waals surface area contributed by atoms with Gasteiger partial charge in [0.05, 0.1) is 12.4 Å². The smallest absolute Gasteiger partial charge is 0.0577 e. The number of fused-ring (bicyclic) bond motifs is 1. The van der Waals surface area contributed by atoms with Crippen molar-refractivity contribution >= 4 is 10.8 Å². The summed E-state index contributed by atoms with van der Waals surface area (Å²) < 4.78 is 0. The van der Waals surface area contributed by atoms with Gasteiger partial charge in [0.2, 0.25) is 0 Å². The molecule has 16 heavy (non-hydrogen) atoms. The van der Waals surface area contributed by atoms with Gasteiger partial charge in [-0.3, -0.25) is 0 Å². The molecule has 1 aromatic carbocycles. The number of hydrogen-bond donors (Lipinski definition) is 1. The second-order valence-corrected chi connectivity index (χ2v) is 4.41. The molecule has 1 fully saturated rings. The Labute approximate surface area is 94.9 Å². The van der Waals surface area contributed by atoms with Gasteiger partial charge in [-0.15, -0.1) is 0 Å². The molecule has 1 unspecified atom stereocenters. The number of nitrogens with one attached hydrogen (secondary N) is 1. The van der Waals surface area contributed by atoms with E-state index in [0.29, 0.717) is 6.04 Å². The average molecular weight is 213 g/mol. The first-order valence-electron chi connectivity index (χ1n) is 5.85. The first-order valence-corrected chi connectivity index (χ1v) is 5.85. The quantitative estimate of drug-likeness (QED) is 0.828. The molecular formula is C13H15N3. The van der Waals surface area contributed by atoms with E-state index in [2.05, 4.69) is 33.7 Å². The molecule has 3 heteroatoms. The van der Waals surface area contributed by atoms with Gasteiger partial charge in [0, 0.05) is 16.8 Å². The van der Waals surface area contributed by atoms with Crippen LogP contribution in [0.2, 0.25) is 0 Å². The van der Waals surface area contributed by atoms with Crippen molar-refractivity contribution in [2.45, 2.75) is 25.3 Å². The molecule has 0 bridgehead atoms. The fourth-order valence-electron chi connectivity index (χ4n) is 2.46. The molecule has 0 spiro atoms. The Morgan fingerprint density at radius 1 is 1.25 bits per heavy atom. The zero-order chi connectivity index (χ0) is 10.8. The molecule has 2 aromatic rings. The lowest BCUT2D eigenvalue weighted by Gasteiger charge is -2.11. The summed E-state index contributed by atoms with van der Waals surface area (Å²) in [5.74, 6) is 0. The highest BCUT2D eigenvalue weighted by Crippen LogP contribution is 2.20. The molecule has 1 atom stereocenters. The predicted octanol–water partition coefficient (Wildman–Crippen LogP) is 1.92. The van der Waals surface area contributed by atoms with Gasteiger partial charge in [-0.1, -0.05) is 18.2 Å². The monoisotopic (exact) mass is 213 g/mol. The summed E-state index contributed by atoms with van der Waals surface area (Å²) in [7, 11) is 0. The highest BCUT2D eigenvalue weighted by molar-refractivity contribution is 5.84.